The van der Waals surface area contributed by atoms with Gasteiger partial charge in [0.05, 0.1) is 17.6 Å². The molecule has 2 N–H and O–H groups in total. The van der Waals surface area contributed by atoms with Crippen LogP contribution in [0.15, 0.2) is 59.7 Å². The average molecular weight is 242 g/mol. The molecule has 0 aliphatic heterocycles. The van der Waals surface area contributed by atoms with Crippen molar-refractivity contribution in [3.05, 3.63) is 65.4 Å². The van der Waals surface area contributed by atoms with E-state index in [9.17, 15) is 5.21 Å². The number of nitrogens with one attached hydrogen (secondary N) is 1. The van der Waals surface area contributed by atoms with E-state index in [1.165, 1.54) is 12.1 Å². The zero-order valence-corrected chi connectivity index (χ0v) is 9.52. The maximum atomic E-state index is 10.7. The van der Waals surface area contributed by atoms with Crippen LogP contribution in [-0.4, -0.2) is 11.4 Å². The van der Waals surface area contributed by atoms with Crippen molar-refractivity contribution in [1.82, 2.24) is 0 Å². The topological polar surface area (TPSA) is 70.9 Å². The monoisotopic (exact) mass is 242 g/mol. The number of para-hydroxylation sites is 1. The molecule has 18 heavy (non-hydrogen) atoms. The first-order valence-corrected chi connectivity index (χ1v) is 5.36. The maximum absolute atomic E-state index is 10.7. The second-order valence-corrected chi connectivity index (χ2v) is 3.60. The van der Waals surface area contributed by atoms with E-state index in [1.54, 1.807) is 18.3 Å². The predicted octanol–water partition coefficient (Wildman–Crippen LogP) is 2.83. The summed E-state index contributed by atoms with van der Waals surface area (Å²) in [6.45, 7) is 0. The van der Waals surface area contributed by atoms with Crippen LogP contribution in [0.1, 0.15) is 5.56 Å². The van der Waals surface area contributed by atoms with Crippen LogP contribution >= 0.6 is 0 Å². The van der Waals surface area contributed by atoms with Gasteiger partial charge in [0.15, 0.2) is 0 Å². The molecule has 0 saturated heterocycles. The largest absolute Gasteiger partial charge is 0.733 e. The molecule has 0 atom stereocenters. The normalized spacial score (nSPS) is 10.6. The minimum atomic E-state index is -0.179. The zero-order valence-electron chi connectivity index (χ0n) is 9.52. The van der Waals surface area contributed by atoms with Crippen LogP contribution in [0.4, 0.5) is 11.4 Å². The van der Waals surface area contributed by atoms with Gasteiger partial charge in [-0.1, -0.05) is 30.3 Å². The van der Waals surface area contributed by atoms with Crippen LogP contribution in [0.2, 0.25) is 0 Å². The van der Waals surface area contributed by atoms with Crippen LogP contribution in [0.3, 0.4) is 0 Å². The van der Waals surface area contributed by atoms with Crippen LogP contribution in [0.25, 0.3) is 0 Å². The fourth-order valence-corrected chi connectivity index (χ4v) is 1.42. The molecule has 5 nitrogen and oxygen atoms in total. The Hall–Kier alpha value is -2.37. The lowest BCUT2D eigenvalue weighted by molar-refractivity contribution is 0.296. The van der Waals surface area contributed by atoms with Crippen LogP contribution in [-0.2, 0) is 0 Å². The second kappa shape index (κ2) is 5.81. The summed E-state index contributed by atoms with van der Waals surface area (Å²) in [4.78, 5) is 0. The molecule has 0 aromatic heterocycles. The summed E-state index contributed by atoms with van der Waals surface area (Å²) in [7, 11) is 0. The van der Waals surface area contributed by atoms with Gasteiger partial charge in [-0.15, -0.1) is 0 Å². The lowest BCUT2D eigenvalue weighted by Gasteiger charge is -2.21. The number of hydrogen-bond donors (Lipinski definition) is 2. The third-order valence-electron chi connectivity index (χ3n) is 2.27. The molecule has 0 fully saturated rings. The summed E-state index contributed by atoms with van der Waals surface area (Å²) in [5.74, 6) is 0. The zero-order chi connectivity index (χ0) is 12.8. The van der Waals surface area contributed by atoms with E-state index in [-0.39, 0.29) is 10.9 Å². The Morgan fingerprint density at radius 1 is 1.11 bits per heavy atom. The van der Waals surface area contributed by atoms with Gasteiger partial charge in [0.25, 0.3) is 0 Å². The highest BCUT2D eigenvalue weighted by Gasteiger charge is 1.93. The molecule has 2 aromatic carbocycles. The highest BCUT2D eigenvalue weighted by atomic mass is 16.8. The molecule has 2 rings (SSSR count). The number of anilines is 2. The van der Waals surface area contributed by atoms with Gasteiger partial charge >= 0.3 is 0 Å². The number of rotatable bonds is 4. The minimum absolute atomic E-state index is 0.165. The van der Waals surface area contributed by atoms with E-state index in [1.807, 2.05) is 30.3 Å². The number of benzene rings is 2. The first-order chi connectivity index (χ1) is 8.75. The molecule has 92 valence electrons. The summed E-state index contributed by atoms with van der Waals surface area (Å²) in [6.07, 6.45) is 1.57. The summed E-state index contributed by atoms with van der Waals surface area (Å²) in [5, 5.41) is 23.3. The van der Waals surface area contributed by atoms with E-state index in [4.69, 9.17) is 5.21 Å². The van der Waals surface area contributed by atoms with Crippen molar-refractivity contribution in [2.24, 2.45) is 5.10 Å². The van der Waals surface area contributed by atoms with Crippen molar-refractivity contribution < 1.29 is 5.21 Å². The number of nitrogens with zero attached hydrogens (tertiary/aromatic N) is 2. The Morgan fingerprint density at radius 3 is 2.61 bits per heavy atom. The summed E-state index contributed by atoms with van der Waals surface area (Å²) >= 11 is 0. The van der Waals surface area contributed by atoms with Gasteiger partial charge in [-0.25, -0.2) is 0 Å². The molecule has 0 aliphatic rings. The van der Waals surface area contributed by atoms with Crippen LogP contribution in [0.5, 0.6) is 0 Å². The summed E-state index contributed by atoms with van der Waals surface area (Å²) < 4.78 is 0. The highest BCUT2D eigenvalue weighted by Crippen LogP contribution is 2.12. The van der Waals surface area contributed by atoms with Gasteiger partial charge in [0.2, 0.25) is 0 Å². The fourth-order valence-electron chi connectivity index (χ4n) is 1.42. The third-order valence-corrected chi connectivity index (χ3v) is 2.27. The smallest absolute Gasteiger partial charge is 0.0561 e. The minimum Gasteiger partial charge on any atom is -0.733 e. The summed E-state index contributed by atoms with van der Waals surface area (Å²) in [6, 6.07) is 16.0. The molecule has 5 heteroatoms. The van der Waals surface area contributed by atoms with Gasteiger partial charge < -0.3 is 10.4 Å². The molecular formula is C13H12N3O2-. The van der Waals surface area contributed by atoms with E-state index < -0.39 is 0 Å². The Bertz CT molecular complexity index is 527. The molecule has 0 heterocycles. The quantitative estimate of drug-likeness (QED) is 0.638. The lowest BCUT2D eigenvalue weighted by atomic mass is 10.2. The van der Waals surface area contributed by atoms with E-state index in [0.29, 0.717) is 5.56 Å². The van der Waals surface area contributed by atoms with Crippen molar-refractivity contribution >= 4 is 17.6 Å². The Balaban J connectivity index is 2.03. The Labute approximate surface area is 105 Å². The Morgan fingerprint density at radius 2 is 1.89 bits per heavy atom. The third kappa shape index (κ3) is 3.31. The van der Waals surface area contributed by atoms with Crippen molar-refractivity contribution in [2.45, 2.75) is 0 Å². The predicted molar refractivity (Wildman–Crippen MR) is 71.7 cm³/mol. The van der Waals surface area contributed by atoms with Crippen molar-refractivity contribution in [3.8, 4) is 0 Å². The SMILES string of the molecule is [O-]N(O)c1cccc(C=NNc2ccccc2)c1. The molecule has 0 spiro atoms. The first kappa shape index (κ1) is 12.1. The lowest BCUT2D eigenvalue weighted by Crippen LogP contribution is -2.07. The van der Waals surface area contributed by atoms with Gasteiger partial charge in [0.1, 0.15) is 0 Å². The van der Waals surface area contributed by atoms with Crippen molar-refractivity contribution in [1.29, 1.82) is 0 Å². The molecule has 0 unspecified atom stereocenters. The molecule has 0 saturated carbocycles. The molecule has 2 aromatic rings. The van der Waals surface area contributed by atoms with E-state index >= 15 is 0 Å². The second-order valence-electron chi connectivity index (χ2n) is 3.60. The standard InChI is InChI=1S/C13H12N3O2/c17-16(18)13-8-4-5-11(9-13)10-14-15-12-6-2-1-3-7-12/h1-10,15,17H/q-1. The molecule has 0 aliphatic carbocycles. The maximum Gasteiger partial charge on any atom is 0.0561 e. The van der Waals surface area contributed by atoms with Crippen LogP contribution < -0.4 is 10.7 Å². The van der Waals surface area contributed by atoms with Crippen LogP contribution in [0, 0.1) is 5.21 Å². The van der Waals surface area contributed by atoms with Crippen molar-refractivity contribution in [3.63, 3.8) is 0 Å². The number of hydrazone groups is 1. The van der Waals surface area contributed by atoms with Gasteiger partial charge in [-0.2, -0.15) is 5.10 Å². The first-order valence-electron chi connectivity index (χ1n) is 5.36. The van der Waals surface area contributed by atoms with E-state index in [0.717, 1.165) is 5.69 Å². The fraction of sp³-hybridized carbons (Fsp3) is 0. The Kier molecular flexibility index (Phi) is 3.90. The molecule has 0 amide bonds. The highest BCUT2D eigenvalue weighted by molar-refractivity contribution is 5.81. The summed E-state index contributed by atoms with van der Waals surface area (Å²) in [5.41, 5.74) is 4.61. The molecule has 0 bridgehead atoms. The van der Waals surface area contributed by atoms with Gasteiger partial charge in [0, 0.05) is 0 Å². The average Bonchev–Trinajstić information content (AvgIpc) is 2.40. The van der Waals surface area contributed by atoms with Crippen molar-refractivity contribution in [2.75, 3.05) is 10.7 Å². The van der Waals surface area contributed by atoms with Gasteiger partial charge in [-0.05, 0) is 29.8 Å². The molecule has 0 radical (unpaired) electrons. The van der Waals surface area contributed by atoms with E-state index in [2.05, 4.69) is 10.5 Å². The number of hydrogen-bond acceptors (Lipinski definition) is 5. The van der Waals surface area contributed by atoms with Gasteiger partial charge in [-0.3, -0.25) is 10.6 Å². The molecular weight excluding hydrogens is 230 g/mol.